The van der Waals surface area contributed by atoms with Crippen LogP contribution < -0.4 is 16.1 Å². The van der Waals surface area contributed by atoms with Crippen molar-refractivity contribution in [3.63, 3.8) is 0 Å². The number of benzene rings is 2. The fourth-order valence-electron chi connectivity index (χ4n) is 4.49. The van der Waals surface area contributed by atoms with E-state index in [-0.39, 0.29) is 23.9 Å². The molecule has 3 rings (SSSR count). The molecule has 1 fully saturated rings. The summed E-state index contributed by atoms with van der Waals surface area (Å²) < 4.78 is 5.79. The van der Waals surface area contributed by atoms with Crippen LogP contribution in [0.3, 0.4) is 0 Å². The predicted molar refractivity (Wildman–Crippen MR) is 142 cm³/mol. The third kappa shape index (κ3) is 10.7. The summed E-state index contributed by atoms with van der Waals surface area (Å²) in [5.41, 5.74) is 4.44. The highest BCUT2D eigenvalue weighted by Crippen LogP contribution is 2.22. The topological polar surface area (TPSA) is 117 Å². The zero-order valence-corrected chi connectivity index (χ0v) is 21.4. The molecule has 0 aromatic heterocycles. The molecule has 1 aliphatic carbocycles. The van der Waals surface area contributed by atoms with Crippen LogP contribution in [0, 0.1) is 0 Å². The van der Waals surface area contributed by atoms with Crippen molar-refractivity contribution in [2.75, 3.05) is 5.32 Å². The fourth-order valence-corrected chi connectivity index (χ4v) is 4.49. The zero-order chi connectivity index (χ0) is 26.3. The van der Waals surface area contributed by atoms with Crippen LogP contribution in [0.15, 0.2) is 54.6 Å². The van der Waals surface area contributed by atoms with Gasteiger partial charge in [0.25, 0.3) is 0 Å². The third-order valence-electron chi connectivity index (χ3n) is 6.62. The van der Waals surface area contributed by atoms with Gasteiger partial charge in [-0.15, -0.1) is 0 Å². The van der Waals surface area contributed by atoms with Gasteiger partial charge in [0.2, 0.25) is 11.8 Å². The van der Waals surface area contributed by atoms with Crippen LogP contribution in [0.2, 0.25) is 0 Å². The van der Waals surface area contributed by atoms with Gasteiger partial charge in [0.1, 0.15) is 12.1 Å². The van der Waals surface area contributed by atoms with Gasteiger partial charge in [-0.05, 0) is 68.2 Å². The molecule has 8 heteroatoms. The molecule has 1 atom stereocenters. The maximum atomic E-state index is 12.9. The van der Waals surface area contributed by atoms with E-state index in [9.17, 15) is 14.4 Å². The number of hydrogen-bond donors (Lipinski definition) is 4. The van der Waals surface area contributed by atoms with Gasteiger partial charge in [-0.25, -0.2) is 5.48 Å². The summed E-state index contributed by atoms with van der Waals surface area (Å²) >= 11 is 0. The molecule has 1 saturated carbocycles. The Kier molecular flexibility index (Phi) is 12.1. The summed E-state index contributed by atoms with van der Waals surface area (Å²) in [6.07, 6.45) is 8.54. The maximum Gasteiger partial charge on any atom is 0.323 e. The van der Waals surface area contributed by atoms with E-state index in [1.807, 2.05) is 54.6 Å². The number of ether oxygens (including phenoxy) is 1. The van der Waals surface area contributed by atoms with Crippen LogP contribution >= 0.6 is 0 Å². The van der Waals surface area contributed by atoms with Gasteiger partial charge in [0.15, 0.2) is 0 Å². The Labute approximate surface area is 219 Å². The first-order chi connectivity index (χ1) is 18.0. The van der Waals surface area contributed by atoms with E-state index >= 15 is 0 Å². The molecule has 0 saturated heterocycles. The van der Waals surface area contributed by atoms with Crippen LogP contribution in [-0.2, 0) is 32.1 Å². The van der Waals surface area contributed by atoms with Crippen LogP contribution in [-0.4, -0.2) is 35.1 Å². The Morgan fingerprint density at radius 3 is 2.14 bits per heavy atom. The molecule has 0 unspecified atom stereocenters. The first kappa shape index (κ1) is 28.3. The molecule has 1 aliphatic rings. The normalized spacial score (nSPS) is 14.2. The van der Waals surface area contributed by atoms with Crippen molar-refractivity contribution >= 4 is 23.5 Å². The van der Waals surface area contributed by atoms with Gasteiger partial charge in [-0.2, -0.15) is 0 Å². The standard InChI is InChI=1S/C29H39N3O5/c33-27(14-6-1-2-7-15-28(34)32-36)31-24-18-16-23(17-19-24)21-30-26(20-22-10-4-3-5-11-22)29(35)37-25-12-8-9-13-25/h3-5,10-11,16-19,25-26,30,36H,1-2,6-9,12-15,20-21H2,(H,31,33)(H,32,34)/t26-/m0/s1. The monoisotopic (exact) mass is 509 g/mol. The van der Waals surface area contributed by atoms with Crippen LogP contribution in [0.1, 0.15) is 75.3 Å². The Morgan fingerprint density at radius 1 is 0.838 bits per heavy atom. The van der Waals surface area contributed by atoms with Gasteiger partial charge >= 0.3 is 5.97 Å². The van der Waals surface area contributed by atoms with E-state index < -0.39 is 6.04 Å². The number of hydrogen-bond acceptors (Lipinski definition) is 6. The molecule has 8 nitrogen and oxygen atoms in total. The van der Waals surface area contributed by atoms with Crippen LogP contribution in [0.25, 0.3) is 0 Å². The van der Waals surface area contributed by atoms with E-state index in [0.29, 0.717) is 32.2 Å². The first-order valence-corrected chi connectivity index (χ1v) is 13.3. The number of nitrogens with one attached hydrogen (secondary N) is 3. The molecule has 37 heavy (non-hydrogen) atoms. The summed E-state index contributed by atoms with van der Waals surface area (Å²) in [7, 11) is 0. The number of anilines is 1. The highest BCUT2D eigenvalue weighted by Gasteiger charge is 2.25. The van der Waals surface area contributed by atoms with E-state index in [4.69, 9.17) is 9.94 Å². The van der Waals surface area contributed by atoms with Crippen LogP contribution in [0.5, 0.6) is 0 Å². The quantitative estimate of drug-likeness (QED) is 0.120. The molecule has 200 valence electrons. The summed E-state index contributed by atoms with van der Waals surface area (Å²) in [6.45, 7) is 0.514. The van der Waals surface area contributed by atoms with Crippen LogP contribution in [0.4, 0.5) is 5.69 Å². The van der Waals surface area contributed by atoms with Gasteiger partial charge in [-0.1, -0.05) is 55.3 Å². The molecule has 0 radical (unpaired) electrons. The lowest BCUT2D eigenvalue weighted by Crippen LogP contribution is -2.40. The number of carbonyl (C=O) groups excluding carboxylic acids is 3. The second-order valence-electron chi connectivity index (χ2n) is 9.66. The smallest absolute Gasteiger partial charge is 0.323 e. The molecule has 0 bridgehead atoms. The average molecular weight is 510 g/mol. The molecule has 4 N–H and O–H groups in total. The van der Waals surface area contributed by atoms with Crippen molar-refractivity contribution in [2.45, 2.75) is 89.3 Å². The summed E-state index contributed by atoms with van der Waals surface area (Å²) in [4.78, 5) is 36.1. The Hall–Kier alpha value is -3.23. The van der Waals surface area contributed by atoms with Crippen molar-refractivity contribution in [3.8, 4) is 0 Å². The van der Waals surface area contributed by atoms with Crippen molar-refractivity contribution in [2.24, 2.45) is 0 Å². The van der Waals surface area contributed by atoms with E-state index in [1.54, 1.807) is 5.48 Å². The molecule has 2 aromatic carbocycles. The highest BCUT2D eigenvalue weighted by atomic mass is 16.5. The van der Waals surface area contributed by atoms with Crippen molar-refractivity contribution in [1.29, 1.82) is 0 Å². The SMILES string of the molecule is O=C(CCCCCCC(=O)Nc1ccc(CN[C@@H](Cc2ccccc2)C(=O)OC2CCCC2)cc1)NO. The molecule has 2 amide bonds. The van der Waals surface area contributed by atoms with Crippen molar-refractivity contribution < 1.29 is 24.3 Å². The second-order valence-corrected chi connectivity index (χ2v) is 9.66. The Balaban J connectivity index is 1.43. The maximum absolute atomic E-state index is 12.9. The van der Waals surface area contributed by atoms with Crippen molar-refractivity contribution in [1.82, 2.24) is 10.8 Å². The summed E-state index contributed by atoms with van der Waals surface area (Å²) in [5, 5.41) is 14.8. The van der Waals surface area contributed by atoms with E-state index in [0.717, 1.165) is 61.8 Å². The number of rotatable bonds is 15. The number of carbonyl (C=O) groups is 3. The van der Waals surface area contributed by atoms with Crippen molar-refractivity contribution in [3.05, 3.63) is 65.7 Å². The van der Waals surface area contributed by atoms with E-state index in [1.165, 1.54) is 0 Å². The number of hydroxylamine groups is 1. The Bertz CT molecular complexity index is 975. The second kappa shape index (κ2) is 15.8. The molecule has 2 aromatic rings. The average Bonchev–Trinajstić information content (AvgIpc) is 3.42. The summed E-state index contributed by atoms with van der Waals surface area (Å²) in [5.74, 6) is -0.625. The summed E-state index contributed by atoms with van der Waals surface area (Å²) in [6, 6.07) is 17.1. The number of unbranched alkanes of at least 4 members (excludes halogenated alkanes) is 3. The van der Waals surface area contributed by atoms with Gasteiger partial charge < -0.3 is 15.4 Å². The molecular formula is C29H39N3O5. The molecule has 0 spiro atoms. The predicted octanol–water partition coefficient (Wildman–Crippen LogP) is 4.66. The zero-order valence-electron chi connectivity index (χ0n) is 21.4. The van der Waals surface area contributed by atoms with Gasteiger partial charge in [-0.3, -0.25) is 19.6 Å². The lowest BCUT2D eigenvalue weighted by atomic mass is 10.1. The number of amides is 2. The molecular weight excluding hydrogens is 470 g/mol. The lowest BCUT2D eigenvalue weighted by Gasteiger charge is -2.20. The minimum Gasteiger partial charge on any atom is -0.461 e. The minimum atomic E-state index is -0.430. The molecule has 0 heterocycles. The number of esters is 1. The Morgan fingerprint density at radius 2 is 1.49 bits per heavy atom. The fraction of sp³-hybridized carbons (Fsp3) is 0.483. The molecule has 0 aliphatic heterocycles. The highest BCUT2D eigenvalue weighted by molar-refractivity contribution is 5.90. The largest absolute Gasteiger partial charge is 0.461 e. The van der Waals surface area contributed by atoms with E-state index in [2.05, 4.69) is 10.6 Å². The van der Waals surface area contributed by atoms with Gasteiger partial charge in [0.05, 0.1) is 0 Å². The lowest BCUT2D eigenvalue weighted by molar-refractivity contribution is -0.151. The first-order valence-electron chi connectivity index (χ1n) is 13.3. The third-order valence-corrected chi connectivity index (χ3v) is 6.62. The minimum absolute atomic E-state index is 0.0308. The van der Waals surface area contributed by atoms with Gasteiger partial charge in [0, 0.05) is 25.1 Å².